The molecule has 3 saturated heterocycles. The van der Waals surface area contributed by atoms with Crippen molar-refractivity contribution in [2.24, 2.45) is 50.2 Å². The van der Waals surface area contributed by atoms with Crippen molar-refractivity contribution in [1.29, 1.82) is 0 Å². The molecule has 0 amide bonds. The van der Waals surface area contributed by atoms with E-state index in [-0.39, 0.29) is 30.6 Å². The van der Waals surface area contributed by atoms with Crippen LogP contribution in [0.5, 0.6) is 0 Å². The number of hydrogen-bond donors (Lipinski definition) is 14. The molecular weight excluding hydrogens is 900 g/mol. The summed E-state index contributed by atoms with van der Waals surface area (Å²) in [5.41, 5.74) is -3.80. The van der Waals surface area contributed by atoms with Gasteiger partial charge < -0.3 is 99.9 Å². The lowest BCUT2D eigenvalue weighted by Gasteiger charge is -2.73. The number of carboxylic acids is 1. The number of carboxylic acid groups (broad SMARTS) is 1. The van der Waals surface area contributed by atoms with Crippen LogP contribution in [0.4, 0.5) is 0 Å². The minimum absolute atomic E-state index is 0.00234. The van der Waals surface area contributed by atoms with Crippen LogP contribution in [0.3, 0.4) is 0 Å². The van der Waals surface area contributed by atoms with Gasteiger partial charge in [-0.2, -0.15) is 0 Å². The van der Waals surface area contributed by atoms with Crippen LogP contribution in [-0.2, 0) is 33.2 Å². The average molecular weight is 977 g/mol. The van der Waals surface area contributed by atoms with Gasteiger partial charge in [0.15, 0.2) is 25.0 Å². The monoisotopic (exact) mass is 976 g/mol. The molecule has 68 heavy (non-hydrogen) atoms. The Balaban J connectivity index is 1.13. The van der Waals surface area contributed by atoms with Crippen LogP contribution in [0.15, 0.2) is 11.6 Å². The van der Waals surface area contributed by atoms with Crippen molar-refractivity contribution in [2.75, 3.05) is 26.4 Å². The number of fused-ring (bicyclic) bond motifs is 7. The van der Waals surface area contributed by atoms with Gasteiger partial charge >= 0.3 is 5.97 Å². The molecule has 0 aromatic carbocycles. The Kier molecular flexibility index (Phi) is 14.3. The van der Waals surface area contributed by atoms with Crippen molar-refractivity contribution in [3.05, 3.63) is 11.6 Å². The van der Waals surface area contributed by atoms with Gasteiger partial charge in [0.05, 0.1) is 56.3 Å². The molecular formula is C47H76O21. The van der Waals surface area contributed by atoms with E-state index in [1.54, 1.807) is 0 Å². The third-order valence-corrected chi connectivity index (χ3v) is 19.4. The first-order chi connectivity index (χ1) is 31.8. The number of aliphatic carboxylic acids is 1. The molecule has 14 N–H and O–H groups in total. The fourth-order valence-corrected chi connectivity index (χ4v) is 15.2. The fourth-order valence-electron chi connectivity index (χ4n) is 15.2. The molecule has 0 aromatic rings. The summed E-state index contributed by atoms with van der Waals surface area (Å²) in [5.74, 6) is -1.99. The molecule has 390 valence electrons. The molecule has 21 heteroatoms. The van der Waals surface area contributed by atoms with Crippen LogP contribution >= 0.6 is 0 Å². The molecule has 0 radical (unpaired) electrons. The van der Waals surface area contributed by atoms with E-state index in [0.29, 0.717) is 19.3 Å². The molecule has 8 rings (SSSR count). The summed E-state index contributed by atoms with van der Waals surface area (Å²) in [6, 6.07) is 0. The molecule has 3 aliphatic heterocycles. The van der Waals surface area contributed by atoms with E-state index in [0.717, 1.165) is 18.4 Å². The maximum Gasteiger partial charge on any atom is 0.335 e. The highest BCUT2D eigenvalue weighted by Crippen LogP contribution is 2.76. The van der Waals surface area contributed by atoms with Gasteiger partial charge in [0, 0.05) is 5.41 Å². The zero-order valence-corrected chi connectivity index (χ0v) is 39.6. The standard InChI is InChI=1S/C47H76O21/c1-42(2)13-20-19-7-8-24-43(3)11-10-26(44(4,17-50)23(43)9-12-45(24,5)46(19,6)14-25(52)47(20,18-51)37(60)36(42)59)65-41-35(68-40-31(57)29(55)27(53)21(15-48)63-40)33(32(58)34(67-41)38(61)62)66-39-30(56)28(54)22(16-49)64-39/h9,19-22,24-37,39-41,48-60H,7-8,10-18H2,1-6H3,(H,61,62)/t19-,20+,21-,22+,24-,25-,26?,27-,28+,29+,30-,31-,32-,33+,34+,35-,36+,37+,39-,40+,41-,43+,44-,45-,46-,47+/m1/s1. The van der Waals surface area contributed by atoms with Crippen molar-refractivity contribution in [3.8, 4) is 0 Å². The zero-order chi connectivity index (χ0) is 50.0. The molecule has 4 saturated carbocycles. The van der Waals surface area contributed by atoms with Crippen LogP contribution in [0, 0.1) is 50.2 Å². The van der Waals surface area contributed by atoms with Crippen LogP contribution < -0.4 is 0 Å². The number of aliphatic hydroxyl groups excluding tert-OH is 13. The summed E-state index contributed by atoms with van der Waals surface area (Å²) >= 11 is 0. The third-order valence-electron chi connectivity index (χ3n) is 19.4. The Morgan fingerprint density at radius 1 is 0.632 bits per heavy atom. The van der Waals surface area contributed by atoms with Gasteiger partial charge in [0.1, 0.15) is 61.0 Å². The molecule has 8 aliphatic rings. The van der Waals surface area contributed by atoms with Gasteiger partial charge in [-0.25, -0.2) is 4.79 Å². The van der Waals surface area contributed by atoms with Gasteiger partial charge in [-0.05, 0) is 84.4 Å². The van der Waals surface area contributed by atoms with E-state index in [1.807, 2.05) is 20.8 Å². The summed E-state index contributed by atoms with van der Waals surface area (Å²) in [4.78, 5) is 12.8. The van der Waals surface area contributed by atoms with E-state index in [4.69, 9.17) is 28.4 Å². The zero-order valence-electron chi connectivity index (χ0n) is 39.6. The normalized spacial score (nSPS) is 55.6. The Labute approximate surface area is 395 Å². The molecule has 26 atom stereocenters. The summed E-state index contributed by atoms with van der Waals surface area (Å²) in [7, 11) is 0. The van der Waals surface area contributed by atoms with Crippen LogP contribution in [0.2, 0.25) is 0 Å². The summed E-state index contributed by atoms with van der Waals surface area (Å²) in [6.45, 7) is 9.75. The summed E-state index contributed by atoms with van der Waals surface area (Å²) < 4.78 is 36.0. The first kappa shape index (κ1) is 52.8. The van der Waals surface area contributed by atoms with Gasteiger partial charge in [0.25, 0.3) is 0 Å². The Morgan fingerprint density at radius 2 is 1.22 bits per heavy atom. The maximum absolute atomic E-state index is 12.8. The first-order valence-corrected chi connectivity index (χ1v) is 24.2. The number of carbonyl (C=O) groups is 1. The number of ether oxygens (including phenoxy) is 6. The first-order valence-electron chi connectivity index (χ1n) is 24.2. The number of aliphatic hydroxyl groups is 13. The molecule has 3 heterocycles. The van der Waals surface area contributed by atoms with E-state index in [1.165, 1.54) is 0 Å². The van der Waals surface area contributed by atoms with Crippen molar-refractivity contribution >= 4 is 5.97 Å². The van der Waals surface area contributed by atoms with Gasteiger partial charge in [0.2, 0.25) is 0 Å². The predicted molar refractivity (Wildman–Crippen MR) is 230 cm³/mol. The van der Waals surface area contributed by atoms with Crippen molar-refractivity contribution in [1.82, 2.24) is 0 Å². The third kappa shape index (κ3) is 7.63. The highest BCUT2D eigenvalue weighted by molar-refractivity contribution is 5.73. The fraction of sp³-hybridized carbons (Fsp3) is 0.936. The lowest BCUT2D eigenvalue weighted by Crippen LogP contribution is -2.73. The molecule has 5 aliphatic carbocycles. The molecule has 0 bridgehead atoms. The number of hydrogen-bond acceptors (Lipinski definition) is 20. The van der Waals surface area contributed by atoms with Gasteiger partial charge in [-0.1, -0.05) is 53.2 Å². The lowest BCUT2D eigenvalue weighted by atomic mass is 9.32. The molecule has 0 aromatic heterocycles. The Morgan fingerprint density at radius 3 is 1.79 bits per heavy atom. The predicted octanol–water partition coefficient (Wildman–Crippen LogP) is -2.77. The molecule has 21 nitrogen and oxygen atoms in total. The van der Waals surface area contributed by atoms with E-state index in [2.05, 4.69) is 26.8 Å². The highest BCUT2D eigenvalue weighted by Gasteiger charge is 2.73. The SMILES string of the molecule is CC1(C)C[C@H]2[C@H]3CC[C@@H]4[C@@]5(C)CCC(O[C@@H]6O[C@H](C(=O)O)[C@H](O)[C@H](O[C@H]7O[C@@H](CO)[C@H](O)[C@H]7O)[C@H]6O[C@@H]6O[C@H](CO)[C@@H](O)[C@H](O)[C@H]6O)[C@](C)(CO)C5=CC[C@@]4(C)[C@]3(C)C[C@@H](O)[C@@]2(CO)[C@@H](O)[C@@H]1O. The second-order valence-corrected chi connectivity index (χ2v) is 23.1. The van der Waals surface area contributed by atoms with Gasteiger partial charge in [-0.3, -0.25) is 0 Å². The average Bonchev–Trinajstić information content (AvgIpc) is 3.56. The van der Waals surface area contributed by atoms with Crippen molar-refractivity contribution in [2.45, 2.75) is 197 Å². The second-order valence-electron chi connectivity index (χ2n) is 23.1. The molecule has 0 spiro atoms. The smallest absolute Gasteiger partial charge is 0.335 e. The second kappa shape index (κ2) is 18.4. The van der Waals surface area contributed by atoms with Crippen LogP contribution in [0.25, 0.3) is 0 Å². The lowest BCUT2D eigenvalue weighted by molar-refractivity contribution is -0.384. The Bertz CT molecular complexity index is 1870. The summed E-state index contributed by atoms with van der Waals surface area (Å²) in [5, 5.41) is 153. The quantitative estimate of drug-likeness (QED) is 0.0932. The number of allylic oxidation sites excluding steroid dienone is 1. The van der Waals surface area contributed by atoms with E-state index >= 15 is 0 Å². The minimum atomic E-state index is -2.13. The van der Waals surface area contributed by atoms with Crippen molar-refractivity contribution in [3.63, 3.8) is 0 Å². The van der Waals surface area contributed by atoms with E-state index < -0.39 is 175 Å². The van der Waals surface area contributed by atoms with Crippen molar-refractivity contribution < 1.29 is 105 Å². The topological polar surface area (TPSA) is 356 Å². The highest BCUT2D eigenvalue weighted by atomic mass is 16.8. The maximum atomic E-state index is 12.8. The van der Waals surface area contributed by atoms with Gasteiger partial charge in [-0.15, -0.1) is 0 Å². The number of rotatable bonds is 11. The van der Waals surface area contributed by atoms with Crippen LogP contribution in [0.1, 0.15) is 86.5 Å². The van der Waals surface area contributed by atoms with E-state index in [9.17, 15) is 76.3 Å². The molecule has 1 unspecified atom stereocenters. The minimum Gasteiger partial charge on any atom is -0.479 e. The Hall–Kier alpha value is -1.55. The largest absolute Gasteiger partial charge is 0.479 e. The summed E-state index contributed by atoms with van der Waals surface area (Å²) in [6.07, 6.45) is -24.4. The van der Waals surface area contributed by atoms with Crippen LogP contribution in [-0.4, -0.2) is 214 Å². The molecule has 7 fully saturated rings.